The van der Waals surface area contributed by atoms with Crippen LogP contribution in [0.3, 0.4) is 0 Å². The fourth-order valence-electron chi connectivity index (χ4n) is 5.35. The molecule has 0 radical (unpaired) electrons. The zero-order valence-corrected chi connectivity index (χ0v) is 19.9. The maximum Gasteiger partial charge on any atom is 0.0165 e. The van der Waals surface area contributed by atoms with E-state index in [1.165, 1.54) is 55.6 Å². The van der Waals surface area contributed by atoms with E-state index < -0.39 is 0 Å². The Morgan fingerprint density at radius 3 is 2.12 bits per heavy atom. The molecule has 0 saturated heterocycles. The van der Waals surface area contributed by atoms with E-state index in [0.29, 0.717) is 0 Å². The van der Waals surface area contributed by atoms with Crippen LogP contribution in [0.4, 0.5) is 0 Å². The molecule has 1 aliphatic rings. The SMILES string of the molecule is C=C(/C=C(\C)c1ccccc1)c1cc(C)ccc1-c1cccc2c1C(C)(C)c1ccccc1-2. The van der Waals surface area contributed by atoms with Crippen molar-refractivity contribution in [2.24, 2.45) is 0 Å². The van der Waals surface area contributed by atoms with Gasteiger partial charge in [-0.3, -0.25) is 0 Å². The molecule has 0 heterocycles. The normalized spacial score (nSPS) is 14.0. The molecule has 0 spiro atoms. The van der Waals surface area contributed by atoms with Gasteiger partial charge >= 0.3 is 0 Å². The summed E-state index contributed by atoms with van der Waals surface area (Å²) in [5.74, 6) is 0. The Hall–Kier alpha value is -3.64. The fraction of sp³-hybridized carbons (Fsp3) is 0.152. The predicted molar refractivity (Wildman–Crippen MR) is 143 cm³/mol. The van der Waals surface area contributed by atoms with Crippen LogP contribution in [0.15, 0.2) is 104 Å². The Bertz CT molecular complexity index is 1400. The Morgan fingerprint density at radius 2 is 1.36 bits per heavy atom. The molecule has 33 heavy (non-hydrogen) atoms. The molecule has 4 aromatic rings. The topological polar surface area (TPSA) is 0 Å². The van der Waals surface area contributed by atoms with Crippen molar-refractivity contribution >= 4 is 11.1 Å². The lowest BCUT2D eigenvalue weighted by Crippen LogP contribution is -2.16. The van der Waals surface area contributed by atoms with Gasteiger partial charge in [0.25, 0.3) is 0 Å². The van der Waals surface area contributed by atoms with Gasteiger partial charge in [-0.1, -0.05) is 123 Å². The molecular weight excluding hydrogens is 396 g/mol. The first-order valence-corrected chi connectivity index (χ1v) is 11.7. The number of benzene rings is 4. The molecule has 162 valence electrons. The van der Waals surface area contributed by atoms with E-state index >= 15 is 0 Å². The first-order chi connectivity index (χ1) is 15.9. The summed E-state index contributed by atoms with van der Waals surface area (Å²) in [6, 6.07) is 32.9. The van der Waals surface area contributed by atoms with Gasteiger partial charge < -0.3 is 0 Å². The molecule has 0 heteroatoms. The highest BCUT2D eigenvalue weighted by atomic mass is 14.4. The van der Waals surface area contributed by atoms with Gasteiger partial charge in [0, 0.05) is 5.41 Å². The Labute approximate surface area is 198 Å². The molecule has 0 atom stereocenters. The first-order valence-electron chi connectivity index (χ1n) is 11.7. The molecule has 4 aromatic carbocycles. The van der Waals surface area contributed by atoms with E-state index in [9.17, 15) is 0 Å². The van der Waals surface area contributed by atoms with Gasteiger partial charge in [0.05, 0.1) is 0 Å². The summed E-state index contributed by atoms with van der Waals surface area (Å²) in [5.41, 5.74) is 13.9. The first kappa shape index (κ1) is 21.2. The Kier molecular flexibility index (Phi) is 5.17. The van der Waals surface area contributed by atoms with Crippen LogP contribution < -0.4 is 0 Å². The highest BCUT2D eigenvalue weighted by Gasteiger charge is 2.37. The van der Waals surface area contributed by atoms with Crippen LogP contribution in [0, 0.1) is 6.92 Å². The van der Waals surface area contributed by atoms with Crippen molar-refractivity contribution in [3.63, 3.8) is 0 Å². The molecule has 5 rings (SSSR count). The van der Waals surface area contributed by atoms with Gasteiger partial charge in [-0.15, -0.1) is 0 Å². The third-order valence-corrected chi connectivity index (χ3v) is 7.01. The number of fused-ring (bicyclic) bond motifs is 3. The van der Waals surface area contributed by atoms with E-state index in [4.69, 9.17) is 0 Å². The second kappa shape index (κ2) is 8.05. The molecule has 0 saturated carbocycles. The zero-order chi connectivity index (χ0) is 23.2. The molecule has 0 unspecified atom stereocenters. The van der Waals surface area contributed by atoms with Crippen molar-refractivity contribution in [3.8, 4) is 22.3 Å². The zero-order valence-electron chi connectivity index (χ0n) is 19.9. The minimum Gasteiger partial charge on any atom is -0.0911 e. The average molecular weight is 427 g/mol. The van der Waals surface area contributed by atoms with Crippen LogP contribution in [0.2, 0.25) is 0 Å². The lowest BCUT2D eigenvalue weighted by Gasteiger charge is -2.25. The summed E-state index contributed by atoms with van der Waals surface area (Å²) in [6.45, 7) is 13.5. The Balaban J connectivity index is 1.68. The van der Waals surface area contributed by atoms with Crippen molar-refractivity contribution in [2.45, 2.75) is 33.1 Å². The molecule has 1 aliphatic carbocycles. The van der Waals surface area contributed by atoms with Crippen molar-refractivity contribution in [1.82, 2.24) is 0 Å². The number of allylic oxidation sites excluding steroid dienone is 3. The second-order valence-electron chi connectivity index (χ2n) is 9.67. The standard InChI is InChI=1S/C33H30/c1-22-18-19-26(30(20-22)24(3)21-23(2)25-12-7-6-8-13-25)28-15-11-16-29-27-14-9-10-17-31(27)33(4,5)32(28)29/h6-21H,3H2,1-2,4-5H3/b23-21+. The lowest BCUT2D eigenvalue weighted by atomic mass is 9.77. The van der Waals surface area contributed by atoms with E-state index in [1.807, 2.05) is 0 Å². The predicted octanol–water partition coefficient (Wildman–Crippen LogP) is 9.09. The van der Waals surface area contributed by atoms with Crippen LogP contribution in [0.25, 0.3) is 33.4 Å². The van der Waals surface area contributed by atoms with Crippen molar-refractivity contribution in [2.75, 3.05) is 0 Å². The smallest absolute Gasteiger partial charge is 0.0165 e. The number of hydrogen-bond acceptors (Lipinski definition) is 0. The molecular formula is C33H30. The summed E-state index contributed by atoms with van der Waals surface area (Å²) in [6.07, 6.45) is 2.22. The minimum atomic E-state index is -0.0538. The summed E-state index contributed by atoms with van der Waals surface area (Å²) in [5, 5.41) is 0. The van der Waals surface area contributed by atoms with Crippen molar-refractivity contribution < 1.29 is 0 Å². The molecule has 0 bridgehead atoms. The summed E-state index contributed by atoms with van der Waals surface area (Å²) in [4.78, 5) is 0. The van der Waals surface area contributed by atoms with Gasteiger partial charge in [0.1, 0.15) is 0 Å². The highest BCUT2D eigenvalue weighted by Crippen LogP contribution is 2.52. The average Bonchev–Trinajstić information content (AvgIpc) is 3.07. The van der Waals surface area contributed by atoms with Crippen LogP contribution in [0.1, 0.15) is 48.6 Å². The van der Waals surface area contributed by atoms with Crippen LogP contribution in [-0.4, -0.2) is 0 Å². The summed E-state index contributed by atoms with van der Waals surface area (Å²) >= 11 is 0. The minimum absolute atomic E-state index is 0.0538. The van der Waals surface area contributed by atoms with E-state index in [1.54, 1.807) is 0 Å². The second-order valence-corrected chi connectivity index (χ2v) is 9.67. The molecule has 0 aromatic heterocycles. The number of hydrogen-bond donors (Lipinski definition) is 0. The van der Waals surface area contributed by atoms with E-state index in [0.717, 1.165) is 5.57 Å². The monoisotopic (exact) mass is 426 g/mol. The maximum absolute atomic E-state index is 4.51. The lowest BCUT2D eigenvalue weighted by molar-refractivity contribution is 0.662. The van der Waals surface area contributed by atoms with Crippen LogP contribution in [-0.2, 0) is 5.41 Å². The molecule has 0 nitrogen and oxygen atoms in total. The van der Waals surface area contributed by atoms with Gasteiger partial charge in [-0.25, -0.2) is 0 Å². The van der Waals surface area contributed by atoms with Gasteiger partial charge in [0.2, 0.25) is 0 Å². The van der Waals surface area contributed by atoms with Crippen molar-refractivity contribution in [3.05, 3.63) is 131 Å². The molecule has 0 N–H and O–H groups in total. The summed E-state index contributed by atoms with van der Waals surface area (Å²) < 4.78 is 0. The van der Waals surface area contributed by atoms with Gasteiger partial charge in [-0.05, 0) is 69.5 Å². The van der Waals surface area contributed by atoms with Gasteiger partial charge in [-0.2, -0.15) is 0 Å². The molecule has 0 aliphatic heterocycles. The van der Waals surface area contributed by atoms with Gasteiger partial charge in [0.15, 0.2) is 0 Å². The van der Waals surface area contributed by atoms with Crippen molar-refractivity contribution in [1.29, 1.82) is 0 Å². The molecule has 0 amide bonds. The summed E-state index contributed by atoms with van der Waals surface area (Å²) in [7, 11) is 0. The number of rotatable bonds is 4. The largest absolute Gasteiger partial charge is 0.0911 e. The Morgan fingerprint density at radius 1 is 0.727 bits per heavy atom. The van der Waals surface area contributed by atoms with Crippen LogP contribution >= 0.6 is 0 Å². The number of aryl methyl sites for hydroxylation is 1. The van der Waals surface area contributed by atoms with Crippen LogP contribution in [0.5, 0.6) is 0 Å². The third kappa shape index (κ3) is 3.56. The maximum atomic E-state index is 4.51. The fourth-order valence-corrected chi connectivity index (χ4v) is 5.35. The van der Waals surface area contributed by atoms with E-state index in [2.05, 4.69) is 131 Å². The van der Waals surface area contributed by atoms with E-state index in [-0.39, 0.29) is 5.41 Å². The third-order valence-electron chi connectivity index (χ3n) is 7.01. The highest BCUT2D eigenvalue weighted by molar-refractivity contribution is 5.94. The quantitative estimate of drug-likeness (QED) is 0.285. The molecule has 0 fully saturated rings.